The summed E-state index contributed by atoms with van der Waals surface area (Å²) in [6.45, 7) is 1.46. The Kier molecular flexibility index (Phi) is 6.51. The SMILES string of the molecule is Cc1c(C(=O)OCc2ccccc2)sc2ncn(CC(=O)Nc3ccc(C(=O)O)cc3)c(=O)c12. The van der Waals surface area contributed by atoms with Crippen LogP contribution in [0.3, 0.4) is 0 Å². The minimum Gasteiger partial charge on any atom is -0.478 e. The van der Waals surface area contributed by atoms with Crippen LogP contribution in [0.15, 0.2) is 65.7 Å². The average molecular weight is 477 g/mol. The fourth-order valence-electron chi connectivity index (χ4n) is 3.31. The maximum absolute atomic E-state index is 13.0. The number of aryl methyl sites for hydroxylation is 1. The number of nitrogens with zero attached hydrogens (tertiary/aromatic N) is 2. The van der Waals surface area contributed by atoms with Crippen LogP contribution in [0, 0.1) is 6.92 Å². The zero-order chi connectivity index (χ0) is 24.2. The van der Waals surface area contributed by atoms with Crippen molar-refractivity contribution >= 4 is 45.1 Å². The van der Waals surface area contributed by atoms with Crippen LogP contribution < -0.4 is 10.9 Å². The number of anilines is 1. The van der Waals surface area contributed by atoms with Gasteiger partial charge < -0.3 is 15.2 Å². The van der Waals surface area contributed by atoms with Gasteiger partial charge in [-0.2, -0.15) is 0 Å². The lowest BCUT2D eigenvalue weighted by Crippen LogP contribution is -2.27. The molecule has 0 atom stereocenters. The molecule has 4 aromatic rings. The molecule has 2 aromatic heterocycles. The van der Waals surface area contributed by atoms with Gasteiger partial charge in [0.1, 0.15) is 22.9 Å². The van der Waals surface area contributed by atoms with E-state index in [9.17, 15) is 19.2 Å². The zero-order valence-electron chi connectivity index (χ0n) is 18.0. The van der Waals surface area contributed by atoms with E-state index in [4.69, 9.17) is 9.84 Å². The molecular weight excluding hydrogens is 458 g/mol. The lowest BCUT2D eigenvalue weighted by molar-refractivity contribution is -0.116. The molecule has 0 saturated carbocycles. The van der Waals surface area contributed by atoms with Crippen molar-refractivity contribution in [2.75, 3.05) is 5.32 Å². The number of fused-ring (bicyclic) bond motifs is 1. The molecule has 2 N–H and O–H groups in total. The lowest BCUT2D eigenvalue weighted by atomic mass is 10.2. The van der Waals surface area contributed by atoms with Gasteiger partial charge in [-0.15, -0.1) is 11.3 Å². The fourth-order valence-corrected chi connectivity index (χ4v) is 4.34. The number of esters is 1. The van der Waals surface area contributed by atoms with E-state index in [0.29, 0.717) is 16.1 Å². The first-order chi connectivity index (χ1) is 16.3. The molecule has 4 rings (SSSR count). The van der Waals surface area contributed by atoms with Gasteiger partial charge in [0.25, 0.3) is 5.56 Å². The summed E-state index contributed by atoms with van der Waals surface area (Å²) < 4.78 is 6.54. The number of carboxylic acid groups (broad SMARTS) is 1. The Morgan fingerprint density at radius 3 is 2.47 bits per heavy atom. The van der Waals surface area contributed by atoms with E-state index >= 15 is 0 Å². The van der Waals surface area contributed by atoms with Crippen molar-refractivity contribution in [1.82, 2.24) is 9.55 Å². The molecule has 9 nitrogen and oxygen atoms in total. The van der Waals surface area contributed by atoms with Crippen LogP contribution in [-0.4, -0.2) is 32.5 Å². The third-order valence-electron chi connectivity index (χ3n) is 5.05. The van der Waals surface area contributed by atoms with Gasteiger partial charge in [0, 0.05) is 5.69 Å². The largest absolute Gasteiger partial charge is 0.478 e. The molecule has 1 amide bonds. The van der Waals surface area contributed by atoms with Crippen LogP contribution in [0.2, 0.25) is 0 Å². The molecular formula is C24H19N3O6S. The number of aromatic nitrogens is 2. The molecule has 34 heavy (non-hydrogen) atoms. The first-order valence-electron chi connectivity index (χ1n) is 10.2. The summed E-state index contributed by atoms with van der Waals surface area (Å²) in [4.78, 5) is 53.9. The average Bonchev–Trinajstić information content (AvgIpc) is 3.17. The highest BCUT2D eigenvalue weighted by atomic mass is 32.1. The zero-order valence-corrected chi connectivity index (χ0v) is 18.8. The Morgan fingerprint density at radius 1 is 1.09 bits per heavy atom. The Morgan fingerprint density at radius 2 is 1.79 bits per heavy atom. The second kappa shape index (κ2) is 9.67. The Balaban J connectivity index is 1.50. The van der Waals surface area contributed by atoms with E-state index < -0.39 is 23.4 Å². The summed E-state index contributed by atoms with van der Waals surface area (Å²) in [5.74, 6) is -2.10. The van der Waals surface area contributed by atoms with Crippen LogP contribution in [0.25, 0.3) is 10.2 Å². The van der Waals surface area contributed by atoms with E-state index in [-0.39, 0.29) is 29.0 Å². The van der Waals surface area contributed by atoms with E-state index in [0.717, 1.165) is 21.5 Å². The van der Waals surface area contributed by atoms with Crippen molar-refractivity contribution < 1.29 is 24.2 Å². The minimum absolute atomic E-state index is 0.0925. The predicted octanol–water partition coefficient (Wildman–Crippen LogP) is 3.46. The highest BCUT2D eigenvalue weighted by Gasteiger charge is 2.21. The van der Waals surface area contributed by atoms with Crippen molar-refractivity contribution in [3.05, 3.63) is 92.8 Å². The third-order valence-corrected chi connectivity index (χ3v) is 6.22. The van der Waals surface area contributed by atoms with Crippen LogP contribution in [0.5, 0.6) is 0 Å². The number of carbonyl (C=O) groups is 3. The van der Waals surface area contributed by atoms with Crippen molar-refractivity contribution in [3.63, 3.8) is 0 Å². The molecule has 0 radical (unpaired) electrons. The quantitative estimate of drug-likeness (QED) is 0.390. The molecule has 0 saturated heterocycles. The van der Waals surface area contributed by atoms with Gasteiger partial charge in [-0.25, -0.2) is 14.6 Å². The summed E-state index contributed by atoms with van der Waals surface area (Å²) >= 11 is 1.07. The fraction of sp³-hybridized carbons (Fsp3) is 0.125. The first-order valence-corrected chi connectivity index (χ1v) is 11.0. The molecule has 2 heterocycles. The van der Waals surface area contributed by atoms with Gasteiger partial charge in [-0.05, 0) is 42.3 Å². The molecule has 10 heteroatoms. The number of thiophene rings is 1. The number of nitrogens with one attached hydrogen (secondary N) is 1. The standard InChI is InChI=1S/C24H19N3O6S/c1-14-19-21(34-20(14)24(32)33-12-15-5-3-2-4-6-15)25-13-27(22(19)29)11-18(28)26-17-9-7-16(8-10-17)23(30)31/h2-10,13H,11-12H2,1H3,(H,26,28)(H,30,31). The topological polar surface area (TPSA) is 128 Å². The molecule has 0 bridgehead atoms. The van der Waals surface area contributed by atoms with Crippen LogP contribution in [0.1, 0.15) is 31.2 Å². The number of hydrogen-bond donors (Lipinski definition) is 2. The van der Waals surface area contributed by atoms with Gasteiger partial charge in [-0.3, -0.25) is 14.2 Å². The minimum atomic E-state index is -1.07. The summed E-state index contributed by atoms with van der Waals surface area (Å²) in [5.41, 5.74) is 1.34. The molecule has 2 aromatic carbocycles. The molecule has 0 aliphatic carbocycles. The number of aromatic carboxylic acids is 1. The molecule has 0 spiro atoms. The van der Waals surface area contributed by atoms with E-state index in [1.807, 2.05) is 30.3 Å². The molecule has 172 valence electrons. The van der Waals surface area contributed by atoms with E-state index in [1.54, 1.807) is 6.92 Å². The number of amides is 1. The lowest BCUT2D eigenvalue weighted by Gasteiger charge is -2.08. The second-order valence-electron chi connectivity index (χ2n) is 7.41. The highest BCUT2D eigenvalue weighted by molar-refractivity contribution is 7.20. The maximum atomic E-state index is 13.0. The number of ether oxygens (including phenoxy) is 1. The summed E-state index contributed by atoms with van der Waals surface area (Å²) in [5, 5.41) is 11.8. The number of carbonyl (C=O) groups excluding carboxylic acids is 2. The summed E-state index contributed by atoms with van der Waals surface area (Å²) in [6.07, 6.45) is 1.26. The predicted molar refractivity (Wildman–Crippen MR) is 126 cm³/mol. The maximum Gasteiger partial charge on any atom is 0.349 e. The smallest absolute Gasteiger partial charge is 0.349 e. The Bertz CT molecular complexity index is 1440. The van der Waals surface area contributed by atoms with Crippen molar-refractivity contribution in [3.8, 4) is 0 Å². The highest BCUT2D eigenvalue weighted by Crippen LogP contribution is 2.27. The number of carboxylic acids is 1. The van der Waals surface area contributed by atoms with E-state index in [1.165, 1.54) is 30.6 Å². The van der Waals surface area contributed by atoms with Crippen LogP contribution in [-0.2, 0) is 22.7 Å². The normalized spacial score (nSPS) is 10.7. The van der Waals surface area contributed by atoms with Gasteiger partial charge >= 0.3 is 11.9 Å². The number of benzene rings is 2. The van der Waals surface area contributed by atoms with Gasteiger partial charge in [0.2, 0.25) is 5.91 Å². The number of hydrogen-bond acceptors (Lipinski definition) is 7. The van der Waals surface area contributed by atoms with Crippen molar-refractivity contribution in [1.29, 1.82) is 0 Å². The van der Waals surface area contributed by atoms with Crippen molar-refractivity contribution in [2.45, 2.75) is 20.1 Å². The molecule has 0 unspecified atom stereocenters. The molecule has 0 aliphatic heterocycles. The van der Waals surface area contributed by atoms with Gasteiger partial charge in [0.05, 0.1) is 17.3 Å². The third kappa shape index (κ3) is 4.86. The van der Waals surface area contributed by atoms with Crippen LogP contribution >= 0.6 is 11.3 Å². The second-order valence-corrected chi connectivity index (χ2v) is 8.41. The van der Waals surface area contributed by atoms with E-state index in [2.05, 4.69) is 10.3 Å². The van der Waals surface area contributed by atoms with Crippen molar-refractivity contribution in [2.24, 2.45) is 0 Å². The summed E-state index contributed by atoms with van der Waals surface area (Å²) in [6, 6.07) is 14.9. The monoisotopic (exact) mass is 477 g/mol. The Labute approximate surface area is 197 Å². The van der Waals surface area contributed by atoms with Gasteiger partial charge in [-0.1, -0.05) is 30.3 Å². The molecule has 0 aliphatic rings. The van der Waals surface area contributed by atoms with Gasteiger partial charge in [0.15, 0.2) is 0 Å². The first kappa shape index (κ1) is 22.9. The summed E-state index contributed by atoms with van der Waals surface area (Å²) in [7, 11) is 0. The number of rotatable bonds is 7. The molecule has 0 fully saturated rings. The Hall–Kier alpha value is -4.31. The van der Waals surface area contributed by atoms with Crippen LogP contribution in [0.4, 0.5) is 5.69 Å².